The summed E-state index contributed by atoms with van der Waals surface area (Å²) < 4.78 is 0. The highest BCUT2D eigenvalue weighted by molar-refractivity contribution is 5.50. The lowest BCUT2D eigenvalue weighted by Gasteiger charge is -2.32. The molecule has 0 atom stereocenters. The molecule has 0 amide bonds. The van der Waals surface area contributed by atoms with E-state index in [4.69, 9.17) is 0 Å². The van der Waals surface area contributed by atoms with Crippen molar-refractivity contribution in [2.45, 2.75) is 64.8 Å². The van der Waals surface area contributed by atoms with Gasteiger partial charge in [0.05, 0.1) is 6.61 Å². The van der Waals surface area contributed by atoms with Crippen molar-refractivity contribution in [1.82, 2.24) is 9.97 Å². The summed E-state index contributed by atoms with van der Waals surface area (Å²) in [5.41, 5.74) is 2.55. The van der Waals surface area contributed by atoms with Crippen molar-refractivity contribution in [1.29, 1.82) is 0 Å². The Bertz CT molecular complexity index is 418. The maximum Gasteiger partial charge on any atom is 0.135 e. The van der Waals surface area contributed by atoms with Crippen LogP contribution < -0.4 is 4.90 Å². The minimum Gasteiger partial charge on any atom is -0.395 e. The van der Waals surface area contributed by atoms with E-state index < -0.39 is 0 Å². The zero-order chi connectivity index (χ0) is 14.4. The van der Waals surface area contributed by atoms with Gasteiger partial charge < -0.3 is 10.0 Å². The molecule has 0 fully saturated rings. The van der Waals surface area contributed by atoms with Gasteiger partial charge in [0.15, 0.2) is 0 Å². The Morgan fingerprint density at radius 2 is 1.90 bits per heavy atom. The minimum atomic E-state index is 0.176. The Labute approximate surface area is 122 Å². The van der Waals surface area contributed by atoms with Crippen LogP contribution in [0.3, 0.4) is 0 Å². The highest BCUT2D eigenvalue weighted by atomic mass is 16.3. The molecule has 0 aromatic carbocycles. The highest BCUT2D eigenvalue weighted by Crippen LogP contribution is 2.28. The molecule has 2 rings (SSSR count). The molecule has 0 saturated carbocycles. The molecular weight excluding hydrogens is 250 g/mol. The van der Waals surface area contributed by atoms with Crippen LogP contribution in [0.4, 0.5) is 5.82 Å². The second kappa shape index (κ2) is 7.58. The van der Waals surface area contributed by atoms with E-state index in [1.807, 2.05) is 0 Å². The normalized spacial score (nSPS) is 15.0. The summed E-state index contributed by atoms with van der Waals surface area (Å²) in [5.74, 6) is 1.07. The molecule has 1 aromatic heterocycles. The molecule has 1 heterocycles. The van der Waals surface area contributed by atoms with Crippen molar-refractivity contribution in [3.05, 3.63) is 17.6 Å². The number of fused-ring (bicyclic) bond motifs is 1. The van der Waals surface area contributed by atoms with Crippen LogP contribution >= 0.6 is 0 Å². The Hall–Kier alpha value is -1.16. The molecule has 0 spiro atoms. The van der Waals surface area contributed by atoms with E-state index in [2.05, 4.69) is 28.7 Å². The average Bonchev–Trinajstić information content (AvgIpc) is 2.72. The Morgan fingerprint density at radius 1 is 1.15 bits per heavy atom. The van der Waals surface area contributed by atoms with Crippen LogP contribution in [0.15, 0.2) is 6.33 Å². The number of anilines is 1. The SMILES string of the molecule is CCC(CC)N(CCO)c1ncnc2c1CCCCC2. The Balaban J connectivity index is 2.37. The van der Waals surface area contributed by atoms with Crippen LogP contribution in [0, 0.1) is 0 Å². The number of aryl methyl sites for hydroxylation is 1. The average molecular weight is 277 g/mol. The van der Waals surface area contributed by atoms with Gasteiger partial charge in [-0.2, -0.15) is 0 Å². The van der Waals surface area contributed by atoms with Gasteiger partial charge in [-0.15, -0.1) is 0 Å². The van der Waals surface area contributed by atoms with Gasteiger partial charge in [0.25, 0.3) is 0 Å². The number of hydrogen-bond donors (Lipinski definition) is 1. The molecule has 112 valence electrons. The summed E-state index contributed by atoms with van der Waals surface area (Å²) >= 11 is 0. The molecule has 0 unspecified atom stereocenters. The fourth-order valence-corrected chi connectivity index (χ4v) is 3.23. The van der Waals surface area contributed by atoms with Gasteiger partial charge in [-0.05, 0) is 38.5 Å². The van der Waals surface area contributed by atoms with Gasteiger partial charge in [0.2, 0.25) is 0 Å². The number of aromatic nitrogens is 2. The maximum absolute atomic E-state index is 9.41. The van der Waals surface area contributed by atoms with Crippen molar-refractivity contribution in [2.24, 2.45) is 0 Å². The first-order chi connectivity index (χ1) is 9.81. The summed E-state index contributed by atoms with van der Waals surface area (Å²) in [5, 5.41) is 9.41. The monoisotopic (exact) mass is 277 g/mol. The summed E-state index contributed by atoms with van der Waals surface area (Å²) in [6.07, 6.45) is 9.74. The van der Waals surface area contributed by atoms with Gasteiger partial charge in [0, 0.05) is 23.8 Å². The van der Waals surface area contributed by atoms with Crippen LogP contribution in [0.1, 0.15) is 57.2 Å². The van der Waals surface area contributed by atoms with Crippen molar-refractivity contribution in [3.63, 3.8) is 0 Å². The highest BCUT2D eigenvalue weighted by Gasteiger charge is 2.22. The Kier molecular flexibility index (Phi) is 5.77. The fraction of sp³-hybridized carbons (Fsp3) is 0.750. The lowest BCUT2D eigenvalue weighted by atomic mass is 10.1. The zero-order valence-electron chi connectivity index (χ0n) is 12.8. The van der Waals surface area contributed by atoms with E-state index in [0.717, 1.165) is 31.5 Å². The molecule has 0 saturated heterocycles. The largest absolute Gasteiger partial charge is 0.395 e. The second-order valence-corrected chi connectivity index (χ2v) is 5.57. The number of aliphatic hydroxyl groups excluding tert-OH is 1. The first-order valence-corrected chi connectivity index (χ1v) is 8.02. The lowest BCUT2D eigenvalue weighted by molar-refractivity contribution is 0.295. The number of hydrogen-bond acceptors (Lipinski definition) is 4. The predicted molar refractivity (Wildman–Crippen MR) is 82.1 cm³/mol. The van der Waals surface area contributed by atoms with Crippen LogP contribution in [0.2, 0.25) is 0 Å². The first-order valence-electron chi connectivity index (χ1n) is 8.02. The van der Waals surface area contributed by atoms with Gasteiger partial charge in [-0.3, -0.25) is 0 Å². The molecule has 4 nitrogen and oxygen atoms in total. The van der Waals surface area contributed by atoms with Gasteiger partial charge in [-0.25, -0.2) is 9.97 Å². The number of nitrogens with zero attached hydrogens (tertiary/aromatic N) is 3. The van der Waals surface area contributed by atoms with E-state index in [1.165, 1.54) is 30.5 Å². The zero-order valence-corrected chi connectivity index (χ0v) is 12.8. The fourth-order valence-electron chi connectivity index (χ4n) is 3.23. The van der Waals surface area contributed by atoms with Crippen molar-refractivity contribution in [2.75, 3.05) is 18.1 Å². The molecule has 20 heavy (non-hydrogen) atoms. The molecule has 0 radical (unpaired) electrons. The molecule has 1 N–H and O–H groups in total. The third-order valence-corrected chi connectivity index (χ3v) is 4.35. The number of aliphatic hydroxyl groups is 1. The summed E-state index contributed by atoms with van der Waals surface area (Å²) in [6, 6.07) is 0.449. The smallest absolute Gasteiger partial charge is 0.135 e. The first kappa shape index (κ1) is 15.2. The molecular formula is C16H27N3O. The third-order valence-electron chi connectivity index (χ3n) is 4.35. The van der Waals surface area contributed by atoms with Crippen LogP contribution in [-0.2, 0) is 12.8 Å². The number of rotatable bonds is 6. The molecule has 1 aromatic rings. The van der Waals surface area contributed by atoms with E-state index >= 15 is 0 Å². The minimum absolute atomic E-state index is 0.176. The van der Waals surface area contributed by atoms with E-state index in [0.29, 0.717) is 12.6 Å². The van der Waals surface area contributed by atoms with E-state index in [-0.39, 0.29) is 6.61 Å². The standard InChI is InChI=1S/C16H27N3O/c1-3-13(4-2)19(10-11-20)16-14-8-6-5-7-9-15(14)17-12-18-16/h12-13,20H,3-11H2,1-2H3. The van der Waals surface area contributed by atoms with E-state index in [9.17, 15) is 5.11 Å². The van der Waals surface area contributed by atoms with Crippen LogP contribution in [0.5, 0.6) is 0 Å². The molecule has 0 bridgehead atoms. The molecule has 1 aliphatic carbocycles. The van der Waals surface area contributed by atoms with Gasteiger partial charge >= 0.3 is 0 Å². The Morgan fingerprint density at radius 3 is 2.60 bits per heavy atom. The van der Waals surface area contributed by atoms with Crippen LogP contribution in [-0.4, -0.2) is 34.3 Å². The molecule has 4 heteroatoms. The quantitative estimate of drug-likeness (QED) is 0.812. The van der Waals surface area contributed by atoms with Gasteiger partial charge in [-0.1, -0.05) is 20.3 Å². The van der Waals surface area contributed by atoms with Crippen molar-refractivity contribution >= 4 is 5.82 Å². The molecule has 0 aliphatic heterocycles. The molecule has 1 aliphatic rings. The third kappa shape index (κ3) is 3.29. The summed E-state index contributed by atoms with van der Waals surface area (Å²) in [7, 11) is 0. The van der Waals surface area contributed by atoms with Crippen molar-refractivity contribution in [3.8, 4) is 0 Å². The predicted octanol–water partition coefficient (Wildman–Crippen LogP) is 2.73. The lowest BCUT2D eigenvalue weighted by Crippen LogP contribution is -2.38. The van der Waals surface area contributed by atoms with E-state index in [1.54, 1.807) is 6.33 Å². The summed E-state index contributed by atoms with van der Waals surface area (Å²) in [6.45, 7) is 5.25. The summed E-state index contributed by atoms with van der Waals surface area (Å²) in [4.78, 5) is 11.4. The topological polar surface area (TPSA) is 49.2 Å². The maximum atomic E-state index is 9.41. The van der Waals surface area contributed by atoms with Gasteiger partial charge in [0.1, 0.15) is 12.1 Å². The van der Waals surface area contributed by atoms with Crippen LogP contribution in [0.25, 0.3) is 0 Å². The second-order valence-electron chi connectivity index (χ2n) is 5.57. The van der Waals surface area contributed by atoms with Crippen molar-refractivity contribution < 1.29 is 5.11 Å².